The molecule has 0 spiro atoms. The van der Waals surface area contributed by atoms with Gasteiger partial charge in [-0.05, 0) is 71.6 Å². The van der Waals surface area contributed by atoms with Crippen LogP contribution in [0.2, 0.25) is 0 Å². The summed E-state index contributed by atoms with van der Waals surface area (Å²) in [4.78, 5) is 25.1. The van der Waals surface area contributed by atoms with Crippen LogP contribution in [-0.4, -0.2) is 36.4 Å². The average Bonchev–Trinajstić information content (AvgIpc) is 3.21. The van der Waals surface area contributed by atoms with E-state index in [4.69, 9.17) is 9.47 Å². The molecule has 6 heteroatoms. The Kier molecular flexibility index (Phi) is 6.20. The summed E-state index contributed by atoms with van der Waals surface area (Å²) in [6.45, 7) is 0.157. The Balaban J connectivity index is 1.24. The zero-order valence-electron chi connectivity index (χ0n) is 19.7. The van der Waals surface area contributed by atoms with Crippen LogP contribution in [0.1, 0.15) is 54.2 Å². The SMILES string of the molecule is COc1ccc(C2CCC(NC(=O)OCC3c4ccccc4-c4ccccc43)(C(=O)O)CC2)cc1. The topological polar surface area (TPSA) is 84.9 Å². The molecule has 1 fully saturated rings. The molecule has 3 aromatic carbocycles. The normalized spacial score (nSPS) is 21.0. The van der Waals surface area contributed by atoms with Gasteiger partial charge in [0.25, 0.3) is 0 Å². The van der Waals surface area contributed by atoms with Crippen molar-refractivity contribution >= 4 is 12.1 Å². The molecule has 1 amide bonds. The molecule has 2 N–H and O–H groups in total. The van der Waals surface area contributed by atoms with Crippen molar-refractivity contribution in [2.75, 3.05) is 13.7 Å². The van der Waals surface area contributed by atoms with E-state index in [1.807, 2.05) is 48.5 Å². The van der Waals surface area contributed by atoms with Gasteiger partial charge in [0.15, 0.2) is 0 Å². The minimum Gasteiger partial charge on any atom is -0.497 e. The first kappa shape index (κ1) is 23.0. The zero-order valence-corrected chi connectivity index (χ0v) is 19.7. The molecule has 0 aliphatic heterocycles. The monoisotopic (exact) mass is 471 g/mol. The first-order valence-electron chi connectivity index (χ1n) is 12.0. The van der Waals surface area contributed by atoms with E-state index < -0.39 is 17.6 Å². The van der Waals surface area contributed by atoms with Gasteiger partial charge in [-0.3, -0.25) is 0 Å². The second-order valence-corrected chi connectivity index (χ2v) is 9.39. The quantitative estimate of drug-likeness (QED) is 0.481. The standard InChI is InChI=1S/C29H29NO5/c1-34-21-12-10-19(11-13-21)20-14-16-29(17-15-20,27(31)32)30-28(33)35-18-26-24-8-4-2-6-22(24)23-7-3-5-9-25(23)26/h2-13,20,26H,14-18H2,1H3,(H,30,33)(H,31,32). The molecule has 0 atom stereocenters. The first-order valence-corrected chi connectivity index (χ1v) is 12.0. The van der Waals surface area contributed by atoms with Crippen molar-refractivity contribution in [3.05, 3.63) is 89.5 Å². The van der Waals surface area contributed by atoms with E-state index in [9.17, 15) is 14.7 Å². The summed E-state index contributed by atoms with van der Waals surface area (Å²) in [5, 5.41) is 12.7. The Bertz CT molecular complexity index is 1180. The summed E-state index contributed by atoms with van der Waals surface area (Å²) in [6, 6.07) is 24.1. The van der Waals surface area contributed by atoms with Gasteiger partial charge in [-0.15, -0.1) is 0 Å². The molecule has 3 aromatic rings. The molecule has 0 saturated heterocycles. The number of carboxylic acid groups (broad SMARTS) is 1. The Morgan fingerprint density at radius 2 is 1.49 bits per heavy atom. The number of fused-ring (bicyclic) bond motifs is 3. The highest BCUT2D eigenvalue weighted by Crippen LogP contribution is 2.44. The number of hydrogen-bond donors (Lipinski definition) is 2. The van der Waals surface area contributed by atoms with Crippen molar-refractivity contribution < 1.29 is 24.2 Å². The maximum absolute atomic E-state index is 12.8. The number of rotatable bonds is 6. The van der Waals surface area contributed by atoms with Crippen molar-refractivity contribution in [3.8, 4) is 16.9 Å². The van der Waals surface area contributed by atoms with Crippen LogP contribution in [0.3, 0.4) is 0 Å². The van der Waals surface area contributed by atoms with Crippen molar-refractivity contribution in [2.45, 2.75) is 43.1 Å². The van der Waals surface area contributed by atoms with E-state index in [2.05, 4.69) is 29.6 Å². The van der Waals surface area contributed by atoms with Crippen molar-refractivity contribution in [2.24, 2.45) is 0 Å². The van der Waals surface area contributed by atoms with Crippen LogP contribution < -0.4 is 10.1 Å². The van der Waals surface area contributed by atoms with E-state index in [1.54, 1.807) is 7.11 Å². The number of benzene rings is 3. The number of carboxylic acids is 1. The fraction of sp³-hybridized carbons (Fsp3) is 0.310. The first-order chi connectivity index (χ1) is 17.0. The van der Waals surface area contributed by atoms with E-state index in [0.717, 1.165) is 33.6 Å². The minimum absolute atomic E-state index is 0.0697. The zero-order chi connectivity index (χ0) is 24.4. The summed E-state index contributed by atoms with van der Waals surface area (Å²) in [5.41, 5.74) is 4.38. The number of carbonyl (C=O) groups excluding carboxylic acids is 1. The van der Waals surface area contributed by atoms with E-state index in [1.165, 1.54) is 0 Å². The molecule has 180 valence electrons. The predicted molar refractivity (Wildman–Crippen MR) is 133 cm³/mol. The number of hydrogen-bond acceptors (Lipinski definition) is 4. The predicted octanol–water partition coefficient (Wildman–Crippen LogP) is 5.71. The van der Waals surface area contributed by atoms with Crippen molar-refractivity contribution in [1.82, 2.24) is 5.32 Å². The van der Waals surface area contributed by atoms with Crippen LogP contribution >= 0.6 is 0 Å². The third-order valence-electron chi connectivity index (χ3n) is 7.52. The van der Waals surface area contributed by atoms with Crippen molar-refractivity contribution in [1.29, 1.82) is 0 Å². The van der Waals surface area contributed by atoms with Gasteiger partial charge < -0.3 is 19.9 Å². The molecule has 0 heterocycles. The second kappa shape index (κ2) is 9.45. The lowest BCUT2D eigenvalue weighted by Gasteiger charge is -2.37. The second-order valence-electron chi connectivity index (χ2n) is 9.39. The summed E-state index contributed by atoms with van der Waals surface area (Å²) in [7, 11) is 1.63. The van der Waals surface area contributed by atoms with Gasteiger partial charge in [-0.2, -0.15) is 0 Å². The fourth-order valence-electron chi connectivity index (χ4n) is 5.54. The summed E-state index contributed by atoms with van der Waals surface area (Å²) in [6.07, 6.45) is 1.36. The molecule has 0 radical (unpaired) electrons. The van der Waals surface area contributed by atoms with Crippen LogP contribution in [0.25, 0.3) is 11.1 Å². The summed E-state index contributed by atoms with van der Waals surface area (Å²) < 4.78 is 10.9. The largest absolute Gasteiger partial charge is 0.497 e. The van der Waals surface area contributed by atoms with E-state index in [0.29, 0.717) is 25.7 Å². The number of alkyl carbamates (subject to hydrolysis) is 1. The Morgan fingerprint density at radius 3 is 2.03 bits per heavy atom. The van der Waals surface area contributed by atoms with Crippen LogP contribution in [-0.2, 0) is 9.53 Å². The smallest absolute Gasteiger partial charge is 0.408 e. The van der Waals surface area contributed by atoms with Gasteiger partial charge >= 0.3 is 12.1 Å². The van der Waals surface area contributed by atoms with Gasteiger partial charge in [-0.25, -0.2) is 9.59 Å². The molecule has 5 rings (SSSR count). The lowest BCUT2D eigenvalue weighted by Crippen LogP contribution is -2.56. The highest BCUT2D eigenvalue weighted by Gasteiger charge is 2.44. The Morgan fingerprint density at radius 1 is 0.914 bits per heavy atom. The van der Waals surface area contributed by atoms with Crippen molar-refractivity contribution in [3.63, 3.8) is 0 Å². The van der Waals surface area contributed by atoms with Crippen LogP contribution in [0.5, 0.6) is 5.75 Å². The minimum atomic E-state index is -1.31. The molecule has 0 aromatic heterocycles. The van der Waals surface area contributed by atoms with Gasteiger partial charge in [-0.1, -0.05) is 60.7 Å². The van der Waals surface area contributed by atoms with Gasteiger partial charge in [0.05, 0.1) is 7.11 Å². The molecule has 0 bridgehead atoms. The molecule has 2 aliphatic carbocycles. The Hall–Kier alpha value is -3.80. The fourth-order valence-corrected chi connectivity index (χ4v) is 5.54. The molecule has 1 saturated carbocycles. The van der Waals surface area contributed by atoms with Gasteiger partial charge in [0.2, 0.25) is 0 Å². The number of nitrogens with one attached hydrogen (secondary N) is 1. The molecule has 2 aliphatic rings. The maximum atomic E-state index is 12.8. The maximum Gasteiger partial charge on any atom is 0.408 e. The molecule has 35 heavy (non-hydrogen) atoms. The van der Waals surface area contributed by atoms with E-state index >= 15 is 0 Å². The number of ether oxygens (including phenoxy) is 2. The lowest BCUT2D eigenvalue weighted by molar-refractivity contribution is -0.146. The van der Waals surface area contributed by atoms with Crippen LogP contribution in [0.4, 0.5) is 4.79 Å². The molecule has 0 unspecified atom stereocenters. The number of methoxy groups -OCH3 is 1. The third kappa shape index (κ3) is 4.36. The number of aliphatic carboxylic acids is 1. The molecular weight excluding hydrogens is 442 g/mol. The average molecular weight is 472 g/mol. The highest BCUT2D eigenvalue weighted by molar-refractivity contribution is 5.85. The van der Waals surface area contributed by atoms with E-state index in [-0.39, 0.29) is 18.4 Å². The molecular formula is C29H29NO5. The summed E-state index contributed by atoms with van der Waals surface area (Å²) >= 11 is 0. The third-order valence-corrected chi connectivity index (χ3v) is 7.52. The van der Waals surface area contributed by atoms with Gasteiger partial charge in [0, 0.05) is 5.92 Å². The lowest BCUT2D eigenvalue weighted by atomic mass is 9.74. The number of carbonyl (C=O) groups is 2. The Labute approximate surface area is 204 Å². The molecule has 6 nitrogen and oxygen atoms in total. The van der Waals surface area contributed by atoms with Gasteiger partial charge in [0.1, 0.15) is 17.9 Å². The van der Waals surface area contributed by atoms with Crippen LogP contribution in [0.15, 0.2) is 72.8 Å². The van der Waals surface area contributed by atoms with Crippen LogP contribution in [0, 0.1) is 0 Å². The number of amides is 1. The highest BCUT2D eigenvalue weighted by atomic mass is 16.5. The summed E-state index contributed by atoms with van der Waals surface area (Å²) in [5.74, 6) is -0.0435.